The van der Waals surface area contributed by atoms with Crippen LogP contribution in [-0.4, -0.2) is 20.3 Å². The predicted molar refractivity (Wildman–Crippen MR) is 66.8 cm³/mol. The van der Waals surface area contributed by atoms with Gasteiger partial charge in [-0.3, -0.25) is 9.36 Å². The molecule has 94 valence electrons. The lowest BCUT2D eigenvalue weighted by molar-refractivity contribution is 0.0986. The molecule has 0 atom stereocenters. The Morgan fingerprint density at radius 2 is 1.83 bits per heavy atom. The number of carbonyl (C=O) groups is 1. The van der Waals surface area contributed by atoms with Gasteiger partial charge in [0, 0.05) is 7.05 Å². The molecule has 6 heteroatoms. The van der Waals surface area contributed by atoms with Crippen molar-refractivity contribution in [1.82, 2.24) is 14.3 Å². The molecular weight excluding hydrogens is 232 g/mol. The van der Waals surface area contributed by atoms with E-state index in [1.807, 2.05) is 32.0 Å². The fraction of sp³-hybridized carbons (Fsp3) is 0.250. The molecule has 0 spiro atoms. The topological polar surface area (TPSA) is 82.9 Å². The van der Waals surface area contributed by atoms with E-state index < -0.39 is 5.91 Å². The molecule has 0 saturated carbocycles. The molecule has 0 radical (unpaired) electrons. The van der Waals surface area contributed by atoms with Crippen molar-refractivity contribution in [3.05, 3.63) is 45.6 Å². The van der Waals surface area contributed by atoms with E-state index in [0.717, 1.165) is 15.7 Å². The number of rotatable bonds is 2. The van der Waals surface area contributed by atoms with Gasteiger partial charge in [-0.15, -0.1) is 5.10 Å². The summed E-state index contributed by atoms with van der Waals surface area (Å²) in [7, 11) is 1.47. The zero-order chi connectivity index (χ0) is 13.4. The van der Waals surface area contributed by atoms with E-state index in [2.05, 4.69) is 5.10 Å². The summed E-state index contributed by atoms with van der Waals surface area (Å²) in [4.78, 5) is 23.2. The van der Waals surface area contributed by atoms with Gasteiger partial charge in [0.2, 0.25) is 5.82 Å². The molecule has 0 unspecified atom stereocenters. The molecular formula is C12H14N4O2. The third-order valence-corrected chi connectivity index (χ3v) is 2.85. The van der Waals surface area contributed by atoms with Crippen molar-refractivity contribution in [3.63, 3.8) is 0 Å². The summed E-state index contributed by atoms with van der Waals surface area (Å²) >= 11 is 0. The Morgan fingerprint density at radius 3 is 2.28 bits per heavy atom. The van der Waals surface area contributed by atoms with Crippen LogP contribution >= 0.6 is 0 Å². The Kier molecular flexibility index (Phi) is 2.78. The minimum absolute atomic E-state index is 0.0531. The van der Waals surface area contributed by atoms with E-state index in [-0.39, 0.29) is 11.5 Å². The number of carbonyl (C=O) groups excluding carboxylic acids is 1. The normalized spacial score (nSPS) is 10.6. The molecule has 1 amide bonds. The highest BCUT2D eigenvalue weighted by atomic mass is 16.2. The standard InChI is InChI=1S/C12H14N4O2/c1-7-5-4-6-8(2)9(7)16-12(18)15(3)11(14-16)10(13)17/h4-6H,1-3H3,(H2,13,17). The van der Waals surface area contributed by atoms with Crippen LogP contribution in [-0.2, 0) is 7.05 Å². The van der Waals surface area contributed by atoms with Crippen molar-refractivity contribution in [2.24, 2.45) is 12.8 Å². The van der Waals surface area contributed by atoms with Crippen LogP contribution in [0.5, 0.6) is 0 Å². The molecule has 1 aromatic heterocycles. The summed E-state index contributed by atoms with van der Waals surface area (Å²) < 4.78 is 2.36. The van der Waals surface area contributed by atoms with Gasteiger partial charge in [0.15, 0.2) is 0 Å². The lowest BCUT2D eigenvalue weighted by Gasteiger charge is -2.07. The molecule has 0 aliphatic rings. The fourth-order valence-corrected chi connectivity index (χ4v) is 1.94. The second kappa shape index (κ2) is 4.14. The second-order valence-corrected chi connectivity index (χ2v) is 4.18. The Hall–Kier alpha value is -2.37. The number of para-hydroxylation sites is 1. The van der Waals surface area contributed by atoms with Crippen LogP contribution in [0, 0.1) is 13.8 Å². The SMILES string of the molecule is Cc1cccc(C)c1-n1nc(C(N)=O)n(C)c1=O. The maximum Gasteiger partial charge on any atom is 0.350 e. The minimum Gasteiger partial charge on any atom is -0.363 e. The van der Waals surface area contributed by atoms with Gasteiger partial charge in [0.1, 0.15) is 0 Å². The van der Waals surface area contributed by atoms with Crippen LogP contribution in [0.1, 0.15) is 21.7 Å². The Balaban J connectivity index is 2.77. The summed E-state index contributed by atoms with van der Waals surface area (Å²) in [6.07, 6.45) is 0. The van der Waals surface area contributed by atoms with Gasteiger partial charge in [0.25, 0.3) is 5.91 Å². The van der Waals surface area contributed by atoms with Crippen LogP contribution in [0.4, 0.5) is 0 Å². The largest absolute Gasteiger partial charge is 0.363 e. The van der Waals surface area contributed by atoms with Crippen LogP contribution in [0.3, 0.4) is 0 Å². The molecule has 2 N–H and O–H groups in total. The molecule has 18 heavy (non-hydrogen) atoms. The summed E-state index contributed by atoms with van der Waals surface area (Å²) in [6, 6.07) is 5.66. The summed E-state index contributed by atoms with van der Waals surface area (Å²) in [6.45, 7) is 3.76. The number of primary amides is 1. The van der Waals surface area contributed by atoms with Crippen LogP contribution in [0.2, 0.25) is 0 Å². The van der Waals surface area contributed by atoms with E-state index >= 15 is 0 Å². The van der Waals surface area contributed by atoms with Crippen LogP contribution < -0.4 is 11.4 Å². The first-order valence-corrected chi connectivity index (χ1v) is 5.46. The monoisotopic (exact) mass is 246 g/mol. The van der Waals surface area contributed by atoms with Gasteiger partial charge in [-0.05, 0) is 25.0 Å². The number of nitrogens with zero attached hydrogens (tertiary/aromatic N) is 3. The van der Waals surface area contributed by atoms with E-state index in [4.69, 9.17) is 5.73 Å². The molecule has 0 bridgehead atoms. The number of hydrogen-bond acceptors (Lipinski definition) is 3. The highest BCUT2D eigenvalue weighted by Crippen LogP contribution is 2.16. The quantitative estimate of drug-likeness (QED) is 0.826. The van der Waals surface area contributed by atoms with E-state index in [9.17, 15) is 9.59 Å². The third-order valence-electron chi connectivity index (χ3n) is 2.85. The first-order valence-electron chi connectivity index (χ1n) is 5.46. The number of hydrogen-bond donors (Lipinski definition) is 1. The predicted octanol–water partition coefficient (Wildman–Crippen LogP) is 0.287. The lowest BCUT2D eigenvalue weighted by Crippen LogP contribution is -2.24. The summed E-state index contributed by atoms with van der Waals surface area (Å²) in [5, 5.41) is 3.99. The smallest absolute Gasteiger partial charge is 0.350 e. The molecule has 0 fully saturated rings. The van der Waals surface area contributed by atoms with Crippen molar-refractivity contribution < 1.29 is 4.79 Å². The van der Waals surface area contributed by atoms with Crippen molar-refractivity contribution >= 4 is 5.91 Å². The molecule has 2 aromatic rings. The Bertz CT molecular complexity index is 662. The fourth-order valence-electron chi connectivity index (χ4n) is 1.94. The first-order chi connectivity index (χ1) is 8.43. The minimum atomic E-state index is -0.723. The van der Waals surface area contributed by atoms with Crippen molar-refractivity contribution in [3.8, 4) is 5.69 Å². The van der Waals surface area contributed by atoms with Crippen molar-refractivity contribution in [2.45, 2.75) is 13.8 Å². The number of aryl methyl sites for hydroxylation is 2. The molecule has 0 saturated heterocycles. The zero-order valence-electron chi connectivity index (χ0n) is 10.5. The average Bonchev–Trinajstić information content (AvgIpc) is 2.57. The summed E-state index contributed by atoms with van der Waals surface area (Å²) in [5.74, 6) is -0.776. The van der Waals surface area contributed by atoms with E-state index in [1.165, 1.54) is 11.7 Å². The molecule has 0 aliphatic heterocycles. The van der Waals surface area contributed by atoms with Gasteiger partial charge in [-0.1, -0.05) is 18.2 Å². The maximum absolute atomic E-state index is 12.1. The van der Waals surface area contributed by atoms with E-state index in [1.54, 1.807) is 0 Å². The lowest BCUT2D eigenvalue weighted by atomic mass is 10.1. The third kappa shape index (κ3) is 1.71. The average molecular weight is 246 g/mol. The molecule has 0 aliphatic carbocycles. The van der Waals surface area contributed by atoms with Gasteiger partial charge >= 0.3 is 5.69 Å². The first kappa shape index (κ1) is 12.1. The van der Waals surface area contributed by atoms with Crippen molar-refractivity contribution in [1.29, 1.82) is 0 Å². The maximum atomic E-state index is 12.1. The van der Waals surface area contributed by atoms with Crippen LogP contribution in [0.15, 0.2) is 23.0 Å². The number of nitrogens with two attached hydrogens (primary N) is 1. The van der Waals surface area contributed by atoms with Gasteiger partial charge < -0.3 is 5.73 Å². The van der Waals surface area contributed by atoms with E-state index in [0.29, 0.717) is 5.69 Å². The zero-order valence-corrected chi connectivity index (χ0v) is 10.5. The molecule has 6 nitrogen and oxygen atoms in total. The molecule has 1 heterocycles. The molecule has 2 rings (SSSR count). The van der Waals surface area contributed by atoms with Gasteiger partial charge in [0.05, 0.1) is 5.69 Å². The second-order valence-electron chi connectivity index (χ2n) is 4.18. The van der Waals surface area contributed by atoms with Gasteiger partial charge in [-0.2, -0.15) is 4.68 Å². The highest BCUT2D eigenvalue weighted by molar-refractivity contribution is 5.89. The Morgan fingerprint density at radius 1 is 1.28 bits per heavy atom. The Labute approximate surface area is 104 Å². The van der Waals surface area contributed by atoms with Crippen molar-refractivity contribution in [2.75, 3.05) is 0 Å². The summed E-state index contributed by atoms with van der Waals surface area (Å²) in [5.41, 5.74) is 7.29. The molecule has 1 aromatic carbocycles. The van der Waals surface area contributed by atoms with Gasteiger partial charge in [-0.25, -0.2) is 4.79 Å². The van der Waals surface area contributed by atoms with Crippen LogP contribution in [0.25, 0.3) is 5.69 Å². The number of aromatic nitrogens is 3. The highest BCUT2D eigenvalue weighted by Gasteiger charge is 2.17. The number of benzene rings is 1. The number of amides is 1.